The van der Waals surface area contributed by atoms with Gasteiger partial charge in [0.05, 0.1) is 22.1 Å². The van der Waals surface area contributed by atoms with Gasteiger partial charge in [0.1, 0.15) is 5.52 Å². The van der Waals surface area contributed by atoms with Crippen LogP contribution in [0.25, 0.3) is 86.6 Å². The van der Waals surface area contributed by atoms with Crippen molar-refractivity contribution in [1.29, 1.82) is 0 Å². The van der Waals surface area contributed by atoms with Gasteiger partial charge in [0.2, 0.25) is 0 Å². The monoisotopic (exact) mass is 555 g/mol. The molecule has 0 fully saturated rings. The fourth-order valence-corrected chi connectivity index (χ4v) is 7.96. The highest BCUT2D eigenvalue weighted by Crippen LogP contribution is 2.43. The molecule has 4 heterocycles. The molecule has 6 aromatic carbocycles. The van der Waals surface area contributed by atoms with Crippen LogP contribution in [0, 0.1) is 0 Å². The summed E-state index contributed by atoms with van der Waals surface area (Å²) in [5, 5.41) is 7.14. The van der Waals surface area contributed by atoms with Crippen molar-refractivity contribution in [2.75, 3.05) is 0 Å². The third kappa shape index (κ3) is 2.83. The maximum atomic E-state index is 6.66. The van der Waals surface area contributed by atoms with Crippen molar-refractivity contribution in [3.05, 3.63) is 127 Å². The summed E-state index contributed by atoms with van der Waals surface area (Å²) >= 11 is 1.80. The molecule has 0 unspecified atom stereocenters. The van der Waals surface area contributed by atoms with E-state index in [1.807, 2.05) is 0 Å². The molecule has 4 aromatic heterocycles. The minimum absolute atomic E-state index is 0.586. The standard InChI is InChI=1S/C37H21N3OS/c1-2-10-22(11-3-1)39-28-16-8-5-13-25(28)33-29(39)19-18-24-23-12-4-7-15-27(23)40(36(24)33)37-38-35-30(41-37)20-21-32-34(35)26-14-6-9-17-31(26)42-32/h1-21H. The molecule has 4 nitrogen and oxygen atoms in total. The number of nitrogens with zero attached hydrogens (tertiary/aromatic N) is 3. The first-order valence-corrected chi connectivity index (χ1v) is 14.9. The number of aromatic nitrogens is 3. The van der Waals surface area contributed by atoms with Crippen molar-refractivity contribution < 1.29 is 4.42 Å². The van der Waals surface area contributed by atoms with Gasteiger partial charge in [-0.1, -0.05) is 78.9 Å². The zero-order valence-electron chi connectivity index (χ0n) is 22.3. The molecule has 0 saturated carbocycles. The molecule has 196 valence electrons. The first kappa shape index (κ1) is 22.3. The van der Waals surface area contributed by atoms with Crippen LogP contribution in [0.15, 0.2) is 132 Å². The highest BCUT2D eigenvalue weighted by Gasteiger charge is 2.23. The summed E-state index contributed by atoms with van der Waals surface area (Å²) in [5.74, 6) is 0. The van der Waals surface area contributed by atoms with Crippen LogP contribution >= 0.6 is 11.3 Å². The predicted octanol–water partition coefficient (Wildman–Crippen LogP) is 10.4. The molecule has 0 spiro atoms. The van der Waals surface area contributed by atoms with E-state index in [9.17, 15) is 0 Å². The highest BCUT2D eigenvalue weighted by molar-refractivity contribution is 7.26. The van der Waals surface area contributed by atoms with Crippen LogP contribution in [0.3, 0.4) is 0 Å². The Hall–Kier alpha value is -5.39. The van der Waals surface area contributed by atoms with Gasteiger partial charge in [-0.3, -0.25) is 4.57 Å². The Morgan fingerprint density at radius 2 is 1.21 bits per heavy atom. The second kappa shape index (κ2) is 8.09. The van der Waals surface area contributed by atoms with Crippen molar-refractivity contribution >= 4 is 86.2 Å². The molecular weight excluding hydrogens is 534 g/mol. The number of oxazole rings is 1. The van der Waals surface area contributed by atoms with Crippen LogP contribution < -0.4 is 0 Å². The lowest BCUT2D eigenvalue weighted by atomic mass is 10.1. The molecule has 0 radical (unpaired) electrons. The van der Waals surface area contributed by atoms with Gasteiger partial charge in [-0.25, -0.2) is 0 Å². The van der Waals surface area contributed by atoms with E-state index in [0.717, 1.165) is 38.7 Å². The molecule has 0 saturated heterocycles. The van der Waals surface area contributed by atoms with Crippen LogP contribution in [-0.2, 0) is 0 Å². The van der Waals surface area contributed by atoms with E-state index in [0.29, 0.717) is 6.01 Å². The third-order valence-corrected chi connectivity index (χ3v) is 9.70. The van der Waals surface area contributed by atoms with Gasteiger partial charge in [0, 0.05) is 47.4 Å². The van der Waals surface area contributed by atoms with Gasteiger partial charge >= 0.3 is 6.01 Å². The Balaban J connectivity index is 1.39. The number of hydrogen-bond donors (Lipinski definition) is 0. The van der Waals surface area contributed by atoms with E-state index in [2.05, 4.69) is 137 Å². The number of rotatable bonds is 2. The zero-order chi connectivity index (χ0) is 27.4. The lowest BCUT2D eigenvalue weighted by Crippen LogP contribution is -1.95. The molecule has 0 aliphatic heterocycles. The summed E-state index contributed by atoms with van der Waals surface area (Å²) in [7, 11) is 0. The first-order chi connectivity index (χ1) is 20.8. The van der Waals surface area contributed by atoms with Crippen molar-refractivity contribution in [2.24, 2.45) is 0 Å². The number of benzene rings is 6. The Labute approximate surface area is 243 Å². The van der Waals surface area contributed by atoms with E-state index >= 15 is 0 Å². The normalized spacial score (nSPS) is 12.3. The number of fused-ring (bicyclic) bond motifs is 12. The maximum Gasteiger partial charge on any atom is 0.307 e. The molecule has 0 aliphatic rings. The van der Waals surface area contributed by atoms with Crippen LogP contribution in [0.4, 0.5) is 0 Å². The van der Waals surface area contributed by atoms with Crippen molar-refractivity contribution in [1.82, 2.24) is 14.1 Å². The lowest BCUT2D eigenvalue weighted by molar-refractivity contribution is 0.575. The molecule has 10 aromatic rings. The number of para-hydroxylation sites is 3. The predicted molar refractivity (Wildman–Crippen MR) is 176 cm³/mol. The molecule has 42 heavy (non-hydrogen) atoms. The van der Waals surface area contributed by atoms with E-state index < -0.39 is 0 Å². The van der Waals surface area contributed by atoms with E-state index in [1.54, 1.807) is 11.3 Å². The fourth-order valence-electron chi connectivity index (χ4n) is 6.85. The second-order valence-corrected chi connectivity index (χ2v) is 11.9. The molecule has 0 N–H and O–H groups in total. The molecule has 5 heteroatoms. The first-order valence-electron chi connectivity index (χ1n) is 14.1. The fraction of sp³-hybridized carbons (Fsp3) is 0. The van der Waals surface area contributed by atoms with E-state index in [1.165, 1.54) is 41.8 Å². The zero-order valence-corrected chi connectivity index (χ0v) is 23.1. The molecule has 10 rings (SSSR count). The van der Waals surface area contributed by atoms with Crippen molar-refractivity contribution in [3.8, 4) is 11.7 Å². The average Bonchev–Trinajstić information content (AvgIpc) is 3.79. The van der Waals surface area contributed by atoms with Crippen LogP contribution in [0.2, 0.25) is 0 Å². The SMILES string of the molecule is c1ccc(-n2c3ccccc3c3c2ccc2c4ccccc4n(-c4nc5c(ccc6sc7ccccc7c65)o4)c23)cc1. The number of hydrogen-bond acceptors (Lipinski definition) is 3. The Kier molecular flexibility index (Phi) is 4.30. The van der Waals surface area contributed by atoms with Crippen molar-refractivity contribution in [2.45, 2.75) is 0 Å². The molecule has 0 amide bonds. The smallest absolute Gasteiger partial charge is 0.307 e. The highest BCUT2D eigenvalue weighted by atomic mass is 32.1. The quantitative estimate of drug-likeness (QED) is 0.213. The summed E-state index contributed by atoms with van der Waals surface area (Å²) in [6, 6.07) is 45.7. The number of thiophene rings is 1. The van der Waals surface area contributed by atoms with Gasteiger partial charge in [-0.05, 0) is 48.5 Å². The van der Waals surface area contributed by atoms with Gasteiger partial charge in [-0.15, -0.1) is 11.3 Å². The van der Waals surface area contributed by atoms with Crippen LogP contribution in [0.5, 0.6) is 0 Å². The minimum Gasteiger partial charge on any atom is -0.423 e. The van der Waals surface area contributed by atoms with Gasteiger partial charge in [0.15, 0.2) is 5.58 Å². The minimum atomic E-state index is 0.586. The van der Waals surface area contributed by atoms with Crippen LogP contribution in [-0.4, -0.2) is 14.1 Å². The molecular formula is C37H21N3OS. The molecule has 0 atom stereocenters. The second-order valence-electron chi connectivity index (χ2n) is 10.8. The van der Waals surface area contributed by atoms with Crippen LogP contribution in [0.1, 0.15) is 0 Å². The maximum absolute atomic E-state index is 6.66. The molecule has 0 bridgehead atoms. The van der Waals surface area contributed by atoms with E-state index in [4.69, 9.17) is 9.40 Å². The van der Waals surface area contributed by atoms with Gasteiger partial charge in [-0.2, -0.15) is 4.98 Å². The lowest BCUT2D eigenvalue weighted by Gasteiger charge is -2.08. The summed E-state index contributed by atoms with van der Waals surface area (Å²) in [6.07, 6.45) is 0. The topological polar surface area (TPSA) is 35.9 Å². The Bertz CT molecular complexity index is 2690. The van der Waals surface area contributed by atoms with E-state index in [-0.39, 0.29) is 0 Å². The third-order valence-electron chi connectivity index (χ3n) is 8.56. The average molecular weight is 556 g/mol. The largest absolute Gasteiger partial charge is 0.423 e. The summed E-state index contributed by atoms with van der Waals surface area (Å²) in [5.41, 5.74) is 7.36. The Morgan fingerprint density at radius 3 is 2.07 bits per heavy atom. The summed E-state index contributed by atoms with van der Waals surface area (Å²) in [6.45, 7) is 0. The Morgan fingerprint density at radius 1 is 0.500 bits per heavy atom. The van der Waals surface area contributed by atoms with Crippen molar-refractivity contribution in [3.63, 3.8) is 0 Å². The van der Waals surface area contributed by atoms with Gasteiger partial charge < -0.3 is 8.98 Å². The van der Waals surface area contributed by atoms with Gasteiger partial charge in [0.25, 0.3) is 0 Å². The summed E-state index contributed by atoms with van der Waals surface area (Å²) in [4.78, 5) is 5.25. The summed E-state index contributed by atoms with van der Waals surface area (Å²) < 4.78 is 13.7. The molecule has 0 aliphatic carbocycles.